The van der Waals surface area contributed by atoms with Crippen molar-refractivity contribution in [2.75, 3.05) is 36.0 Å². The first kappa shape index (κ1) is 26.5. The van der Waals surface area contributed by atoms with E-state index in [2.05, 4.69) is 85.7 Å². The van der Waals surface area contributed by atoms with E-state index in [0.29, 0.717) is 5.82 Å². The Kier molecular flexibility index (Phi) is 7.13. The normalized spacial score (nSPS) is 19.0. The lowest BCUT2D eigenvalue weighted by atomic mass is 9.79. The highest BCUT2D eigenvalue weighted by Gasteiger charge is 2.51. The largest absolute Gasteiger partial charge is 0.494 e. The molecule has 2 aromatic heterocycles. The van der Waals surface area contributed by atoms with Crippen LogP contribution in [0.5, 0.6) is 0 Å². The van der Waals surface area contributed by atoms with Gasteiger partial charge in [-0.1, -0.05) is 26.0 Å². The second-order valence-electron chi connectivity index (χ2n) is 11.2. The van der Waals surface area contributed by atoms with E-state index in [1.165, 1.54) is 10.3 Å². The molecule has 10 heteroatoms. The summed E-state index contributed by atoms with van der Waals surface area (Å²) < 4.78 is 15.5. The number of piperazine rings is 1. The Hall–Kier alpha value is -3.11. The zero-order chi connectivity index (χ0) is 27.1. The number of hydrogen-bond acceptors (Lipinski definition) is 7. The third kappa shape index (κ3) is 4.87. The third-order valence-electron chi connectivity index (χ3n) is 8.39. The second kappa shape index (κ2) is 10.2. The topological polar surface area (TPSA) is 77.7 Å². The molecule has 2 saturated heterocycles. The smallest absolute Gasteiger partial charge is 0.399 e. The van der Waals surface area contributed by atoms with Crippen molar-refractivity contribution in [3.05, 3.63) is 59.4 Å². The SMILES string of the molecule is CCC(CC)n1ncn(-c2ccc(N3CCN(c4ccc(B5OC(C)(C)C(C)(C)O5)cc4)CC3)cn2)c1=O. The van der Waals surface area contributed by atoms with Crippen LogP contribution in [0.15, 0.2) is 53.7 Å². The zero-order valence-corrected chi connectivity index (χ0v) is 23.4. The molecule has 4 heterocycles. The fourth-order valence-corrected chi connectivity index (χ4v) is 5.11. The van der Waals surface area contributed by atoms with Crippen LogP contribution in [0.2, 0.25) is 0 Å². The fraction of sp³-hybridized carbons (Fsp3) is 0.536. The van der Waals surface area contributed by atoms with Gasteiger partial charge >= 0.3 is 12.8 Å². The molecule has 0 spiro atoms. The molecule has 202 valence electrons. The number of pyridine rings is 1. The summed E-state index contributed by atoms with van der Waals surface area (Å²) in [4.78, 5) is 22.2. The minimum atomic E-state index is -0.342. The van der Waals surface area contributed by atoms with Gasteiger partial charge in [0.1, 0.15) is 12.1 Å². The minimum Gasteiger partial charge on any atom is -0.399 e. The van der Waals surface area contributed by atoms with Crippen molar-refractivity contribution >= 4 is 24.0 Å². The Bertz CT molecular complexity index is 1270. The van der Waals surface area contributed by atoms with Crippen molar-refractivity contribution in [1.82, 2.24) is 19.3 Å². The molecule has 5 rings (SSSR count). The average Bonchev–Trinajstić information content (AvgIpc) is 3.40. The maximum Gasteiger partial charge on any atom is 0.494 e. The number of anilines is 2. The van der Waals surface area contributed by atoms with Gasteiger partial charge < -0.3 is 19.1 Å². The summed E-state index contributed by atoms with van der Waals surface area (Å²) >= 11 is 0. The van der Waals surface area contributed by atoms with E-state index in [-0.39, 0.29) is 30.1 Å². The first-order valence-corrected chi connectivity index (χ1v) is 13.7. The predicted octanol–water partition coefficient (Wildman–Crippen LogP) is 3.42. The number of benzene rings is 1. The molecule has 0 aliphatic carbocycles. The number of rotatable bonds is 7. The van der Waals surface area contributed by atoms with E-state index < -0.39 is 0 Å². The van der Waals surface area contributed by atoms with Gasteiger partial charge in [-0.05, 0) is 70.3 Å². The summed E-state index contributed by atoms with van der Waals surface area (Å²) in [6.45, 7) is 16.1. The van der Waals surface area contributed by atoms with Crippen LogP contribution in [0.25, 0.3) is 5.82 Å². The van der Waals surface area contributed by atoms with Gasteiger partial charge in [0.15, 0.2) is 0 Å². The molecule has 2 fully saturated rings. The third-order valence-corrected chi connectivity index (χ3v) is 8.39. The Balaban J connectivity index is 1.20. The fourth-order valence-electron chi connectivity index (χ4n) is 5.11. The maximum absolute atomic E-state index is 12.8. The van der Waals surface area contributed by atoms with Crippen LogP contribution < -0.4 is 21.0 Å². The minimum absolute atomic E-state index is 0.110. The molecule has 0 radical (unpaired) electrons. The summed E-state index contributed by atoms with van der Waals surface area (Å²) in [5, 5.41) is 4.32. The molecule has 0 atom stereocenters. The Morgan fingerprint density at radius 2 is 1.42 bits per heavy atom. The summed E-state index contributed by atoms with van der Waals surface area (Å²) in [5.74, 6) is 0.594. The molecule has 1 aromatic carbocycles. The lowest BCUT2D eigenvalue weighted by Gasteiger charge is -2.37. The highest BCUT2D eigenvalue weighted by molar-refractivity contribution is 6.62. The molecule has 0 unspecified atom stereocenters. The molecule has 0 bridgehead atoms. The van der Waals surface area contributed by atoms with Gasteiger partial charge in [-0.3, -0.25) is 0 Å². The van der Waals surface area contributed by atoms with Crippen molar-refractivity contribution in [1.29, 1.82) is 0 Å². The van der Waals surface area contributed by atoms with Crippen LogP contribution in [0.1, 0.15) is 60.4 Å². The summed E-state index contributed by atoms with van der Waals surface area (Å²) in [6.07, 6.45) is 5.16. The van der Waals surface area contributed by atoms with Crippen LogP contribution in [0.3, 0.4) is 0 Å². The van der Waals surface area contributed by atoms with Crippen LogP contribution in [-0.4, -0.2) is 63.8 Å². The molecule has 3 aromatic rings. The van der Waals surface area contributed by atoms with Crippen LogP contribution in [0.4, 0.5) is 11.4 Å². The van der Waals surface area contributed by atoms with E-state index in [4.69, 9.17) is 9.31 Å². The zero-order valence-electron chi connectivity index (χ0n) is 23.4. The monoisotopic (exact) mass is 518 g/mol. The van der Waals surface area contributed by atoms with Gasteiger partial charge in [0, 0.05) is 31.9 Å². The average molecular weight is 518 g/mol. The van der Waals surface area contributed by atoms with Crippen LogP contribution >= 0.6 is 0 Å². The summed E-state index contributed by atoms with van der Waals surface area (Å²) in [7, 11) is -0.341. The molecule has 0 N–H and O–H groups in total. The van der Waals surface area contributed by atoms with E-state index in [1.807, 2.05) is 18.3 Å². The molecule has 2 aliphatic rings. The molecular weight excluding hydrogens is 479 g/mol. The molecule has 38 heavy (non-hydrogen) atoms. The first-order valence-electron chi connectivity index (χ1n) is 13.7. The highest BCUT2D eigenvalue weighted by atomic mass is 16.7. The lowest BCUT2D eigenvalue weighted by molar-refractivity contribution is 0.00578. The predicted molar refractivity (Wildman–Crippen MR) is 152 cm³/mol. The summed E-state index contributed by atoms with van der Waals surface area (Å²) in [6, 6.07) is 12.6. The molecule has 0 saturated carbocycles. The van der Waals surface area contributed by atoms with Gasteiger partial charge in [0.2, 0.25) is 0 Å². The van der Waals surface area contributed by atoms with Gasteiger partial charge in [0.05, 0.1) is 29.1 Å². The van der Waals surface area contributed by atoms with Crippen molar-refractivity contribution in [2.24, 2.45) is 0 Å². The Morgan fingerprint density at radius 1 is 0.868 bits per heavy atom. The van der Waals surface area contributed by atoms with E-state index >= 15 is 0 Å². The van der Waals surface area contributed by atoms with Gasteiger partial charge in [-0.15, -0.1) is 0 Å². The summed E-state index contributed by atoms with van der Waals surface area (Å²) in [5.41, 5.74) is 2.48. The number of nitrogens with zero attached hydrogens (tertiary/aromatic N) is 6. The Labute approximate surface area is 225 Å². The highest BCUT2D eigenvalue weighted by Crippen LogP contribution is 2.36. The van der Waals surface area contributed by atoms with Crippen molar-refractivity contribution in [2.45, 2.75) is 71.6 Å². The molecular formula is C28H39BN6O3. The molecule has 2 aliphatic heterocycles. The standard InChI is InChI=1S/C28H39BN6O3/c1-7-22(8-2)35-26(36)34(20-31-35)25-14-13-24(19-30-25)33-17-15-32(16-18-33)23-11-9-21(10-12-23)29-37-27(3,4)28(5,6)38-29/h9-14,19-20,22H,7-8,15-18H2,1-6H3. The van der Waals surface area contributed by atoms with Gasteiger partial charge in [-0.2, -0.15) is 5.10 Å². The van der Waals surface area contributed by atoms with E-state index in [0.717, 1.165) is 50.2 Å². The van der Waals surface area contributed by atoms with Crippen LogP contribution in [-0.2, 0) is 9.31 Å². The van der Waals surface area contributed by atoms with Gasteiger partial charge in [0.25, 0.3) is 0 Å². The number of hydrogen-bond donors (Lipinski definition) is 0. The first-order chi connectivity index (χ1) is 18.1. The molecule has 9 nitrogen and oxygen atoms in total. The Morgan fingerprint density at radius 3 is 1.95 bits per heavy atom. The van der Waals surface area contributed by atoms with E-state index in [9.17, 15) is 4.79 Å². The quantitative estimate of drug-likeness (QED) is 0.444. The van der Waals surface area contributed by atoms with Crippen molar-refractivity contribution < 1.29 is 9.31 Å². The van der Waals surface area contributed by atoms with E-state index in [1.54, 1.807) is 11.0 Å². The van der Waals surface area contributed by atoms with Gasteiger partial charge in [-0.25, -0.2) is 19.0 Å². The number of aromatic nitrogens is 4. The second-order valence-corrected chi connectivity index (χ2v) is 11.2. The van der Waals surface area contributed by atoms with Crippen molar-refractivity contribution in [3.8, 4) is 5.82 Å². The lowest BCUT2D eigenvalue weighted by Crippen LogP contribution is -2.46. The maximum atomic E-state index is 12.8. The van der Waals surface area contributed by atoms with Crippen LogP contribution in [0, 0.1) is 0 Å². The van der Waals surface area contributed by atoms with Crippen molar-refractivity contribution in [3.63, 3.8) is 0 Å². The molecule has 0 amide bonds.